The Morgan fingerprint density at radius 2 is 2.11 bits per heavy atom. The molecule has 1 atom stereocenters. The Hall–Kier alpha value is -1.03. The van der Waals surface area contributed by atoms with E-state index in [2.05, 4.69) is 21.2 Å². The summed E-state index contributed by atoms with van der Waals surface area (Å²) in [7, 11) is 0. The van der Waals surface area contributed by atoms with Crippen LogP contribution in [0.4, 0.5) is 0 Å². The van der Waals surface area contributed by atoms with Gasteiger partial charge in [-0.1, -0.05) is 28.8 Å². The summed E-state index contributed by atoms with van der Waals surface area (Å²) in [6.07, 6.45) is 4.16. The van der Waals surface area contributed by atoms with Crippen molar-refractivity contribution in [2.24, 2.45) is 0 Å². The van der Waals surface area contributed by atoms with E-state index in [1.54, 1.807) is 6.92 Å². The van der Waals surface area contributed by atoms with Gasteiger partial charge in [-0.15, -0.1) is 0 Å². The molecule has 19 heavy (non-hydrogen) atoms. The lowest BCUT2D eigenvalue weighted by Gasteiger charge is -2.18. The standard InChI is InChI=1S/C15H20BrNO2/c1-10-9-13(7-8-14(10)16)19-11(2)15(18)17-12-5-3-4-6-12/h7-9,11-12H,3-6H2,1-2H3,(H,17,18). The maximum absolute atomic E-state index is 12.0. The number of carbonyl (C=O) groups is 1. The molecule has 1 unspecified atom stereocenters. The fraction of sp³-hybridized carbons (Fsp3) is 0.533. The monoisotopic (exact) mass is 325 g/mol. The van der Waals surface area contributed by atoms with Gasteiger partial charge in [0.1, 0.15) is 5.75 Å². The third kappa shape index (κ3) is 3.96. The zero-order chi connectivity index (χ0) is 13.8. The summed E-state index contributed by atoms with van der Waals surface area (Å²) >= 11 is 3.45. The molecule has 4 heteroatoms. The van der Waals surface area contributed by atoms with Crippen LogP contribution in [-0.4, -0.2) is 18.1 Å². The van der Waals surface area contributed by atoms with Crippen LogP contribution >= 0.6 is 15.9 Å². The van der Waals surface area contributed by atoms with E-state index in [4.69, 9.17) is 4.74 Å². The molecule has 0 aromatic heterocycles. The van der Waals surface area contributed by atoms with E-state index in [9.17, 15) is 4.79 Å². The summed E-state index contributed by atoms with van der Waals surface area (Å²) in [5.74, 6) is 0.710. The normalized spacial score (nSPS) is 17.2. The molecule has 1 N–H and O–H groups in total. The first kappa shape index (κ1) is 14.4. The Bertz CT molecular complexity index is 455. The Morgan fingerprint density at radius 1 is 1.42 bits per heavy atom. The van der Waals surface area contributed by atoms with Crippen LogP contribution in [0, 0.1) is 6.92 Å². The third-order valence-corrected chi connectivity index (χ3v) is 4.40. The highest BCUT2D eigenvalue weighted by atomic mass is 79.9. The molecule has 0 bridgehead atoms. The molecule has 104 valence electrons. The molecule has 0 aliphatic heterocycles. The minimum absolute atomic E-state index is 0.0209. The number of halogens is 1. The Labute approximate surface area is 122 Å². The van der Waals surface area contributed by atoms with E-state index in [1.807, 2.05) is 25.1 Å². The first-order chi connectivity index (χ1) is 9.06. The number of aryl methyl sites for hydroxylation is 1. The molecule has 0 radical (unpaired) electrons. The van der Waals surface area contributed by atoms with Crippen molar-refractivity contribution >= 4 is 21.8 Å². The van der Waals surface area contributed by atoms with Crippen molar-refractivity contribution in [2.75, 3.05) is 0 Å². The van der Waals surface area contributed by atoms with Gasteiger partial charge in [0, 0.05) is 10.5 Å². The van der Waals surface area contributed by atoms with Crippen LogP contribution < -0.4 is 10.1 Å². The van der Waals surface area contributed by atoms with Crippen molar-refractivity contribution in [2.45, 2.75) is 51.7 Å². The van der Waals surface area contributed by atoms with Crippen molar-refractivity contribution in [3.05, 3.63) is 28.2 Å². The number of benzene rings is 1. The van der Waals surface area contributed by atoms with Gasteiger partial charge in [0.25, 0.3) is 5.91 Å². The number of carbonyl (C=O) groups excluding carboxylic acids is 1. The predicted molar refractivity (Wildman–Crippen MR) is 79.4 cm³/mol. The number of hydrogen-bond donors (Lipinski definition) is 1. The fourth-order valence-corrected chi connectivity index (χ4v) is 2.58. The molecule has 3 nitrogen and oxygen atoms in total. The second-order valence-electron chi connectivity index (χ2n) is 5.16. The Kier molecular flexibility index (Phi) is 4.86. The Morgan fingerprint density at radius 3 is 2.74 bits per heavy atom. The van der Waals surface area contributed by atoms with Gasteiger partial charge in [-0.05, 0) is 50.5 Å². The van der Waals surface area contributed by atoms with E-state index in [1.165, 1.54) is 12.8 Å². The zero-order valence-electron chi connectivity index (χ0n) is 11.4. The minimum Gasteiger partial charge on any atom is -0.481 e. The van der Waals surface area contributed by atoms with E-state index in [0.717, 1.165) is 28.6 Å². The Balaban J connectivity index is 1.90. The summed E-state index contributed by atoms with van der Waals surface area (Å²) < 4.78 is 6.73. The molecular formula is C15H20BrNO2. The van der Waals surface area contributed by atoms with Crippen molar-refractivity contribution in [1.29, 1.82) is 0 Å². The molecule has 1 aromatic carbocycles. The number of hydrogen-bond acceptors (Lipinski definition) is 2. The highest BCUT2D eigenvalue weighted by Crippen LogP contribution is 2.22. The summed E-state index contributed by atoms with van der Waals surface area (Å²) in [6.45, 7) is 3.79. The van der Waals surface area contributed by atoms with Gasteiger partial charge in [-0.25, -0.2) is 0 Å². The SMILES string of the molecule is Cc1cc(OC(C)C(=O)NC2CCCC2)ccc1Br. The predicted octanol–water partition coefficient (Wildman–Crippen LogP) is 3.58. The first-order valence-electron chi connectivity index (χ1n) is 6.79. The van der Waals surface area contributed by atoms with Crippen LogP contribution in [0.3, 0.4) is 0 Å². The van der Waals surface area contributed by atoms with E-state index >= 15 is 0 Å². The number of rotatable bonds is 4. The molecule has 1 saturated carbocycles. The highest BCUT2D eigenvalue weighted by Gasteiger charge is 2.21. The van der Waals surface area contributed by atoms with Crippen molar-refractivity contribution in [3.8, 4) is 5.75 Å². The summed E-state index contributed by atoms with van der Waals surface area (Å²) in [6, 6.07) is 6.08. The average Bonchev–Trinajstić information content (AvgIpc) is 2.86. The van der Waals surface area contributed by atoms with Gasteiger partial charge in [0.15, 0.2) is 6.10 Å². The average molecular weight is 326 g/mol. The van der Waals surface area contributed by atoms with Gasteiger partial charge in [-0.3, -0.25) is 4.79 Å². The van der Waals surface area contributed by atoms with Crippen LogP contribution in [-0.2, 0) is 4.79 Å². The molecule has 1 fully saturated rings. The third-order valence-electron chi connectivity index (χ3n) is 3.51. The summed E-state index contributed by atoms with van der Waals surface area (Å²) in [5.41, 5.74) is 1.10. The van der Waals surface area contributed by atoms with E-state index < -0.39 is 6.10 Å². The van der Waals surface area contributed by atoms with Gasteiger partial charge in [-0.2, -0.15) is 0 Å². The van der Waals surface area contributed by atoms with Crippen molar-refractivity contribution < 1.29 is 9.53 Å². The maximum Gasteiger partial charge on any atom is 0.260 e. The number of ether oxygens (including phenoxy) is 1. The van der Waals surface area contributed by atoms with Crippen LogP contribution in [0.25, 0.3) is 0 Å². The lowest BCUT2D eigenvalue weighted by atomic mass is 10.2. The zero-order valence-corrected chi connectivity index (χ0v) is 13.0. The second kappa shape index (κ2) is 6.42. The molecule has 0 heterocycles. The fourth-order valence-electron chi connectivity index (χ4n) is 2.34. The molecular weight excluding hydrogens is 306 g/mol. The molecule has 1 aliphatic rings. The topological polar surface area (TPSA) is 38.3 Å². The van der Waals surface area contributed by atoms with Crippen LogP contribution in [0.5, 0.6) is 5.75 Å². The largest absolute Gasteiger partial charge is 0.481 e. The van der Waals surface area contributed by atoms with Crippen LogP contribution in [0.15, 0.2) is 22.7 Å². The molecule has 1 aliphatic carbocycles. The lowest BCUT2D eigenvalue weighted by Crippen LogP contribution is -2.41. The summed E-state index contributed by atoms with van der Waals surface area (Å²) in [4.78, 5) is 12.0. The van der Waals surface area contributed by atoms with Gasteiger partial charge in [0.2, 0.25) is 0 Å². The molecule has 0 spiro atoms. The first-order valence-corrected chi connectivity index (χ1v) is 7.59. The molecule has 1 amide bonds. The molecule has 0 saturated heterocycles. The highest BCUT2D eigenvalue weighted by molar-refractivity contribution is 9.10. The summed E-state index contributed by atoms with van der Waals surface area (Å²) in [5, 5.41) is 3.05. The maximum atomic E-state index is 12.0. The van der Waals surface area contributed by atoms with Gasteiger partial charge >= 0.3 is 0 Å². The van der Waals surface area contributed by atoms with Crippen LogP contribution in [0.1, 0.15) is 38.2 Å². The quantitative estimate of drug-likeness (QED) is 0.918. The number of nitrogens with one attached hydrogen (secondary N) is 1. The molecule has 1 aromatic rings. The lowest BCUT2D eigenvalue weighted by molar-refractivity contribution is -0.127. The number of amides is 1. The smallest absolute Gasteiger partial charge is 0.260 e. The van der Waals surface area contributed by atoms with Gasteiger partial charge in [0.05, 0.1) is 0 Å². The van der Waals surface area contributed by atoms with E-state index in [-0.39, 0.29) is 5.91 Å². The van der Waals surface area contributed by atoms with E-state index in [0.29, 0.717) is 6.04 Å². The van der Waals surface area contributed by atoms with Gasteiger partial charge < -0.3 is 10.1 Å². The minimum atomic E-state index is -0.457. The van der Waals surface area contributed by atoms with Crippen molar-refractivity contribution in [1.82, 2.24) is 5.32 Å². The molecule has 2 rings (SSSR count). The van der Waals surface area contributed by atoms with Crippen molar-refractivity contribution in [3.63, 3.8) is 0 Å². The second-order valence-corrected chi connectivity index (χ2v) is 6.02. The van der Waals surface area contributed by atoms with Crippen LogP contribution in [0.2, 0.25) is 0 Å².